The Labute approximate surface area is 76.4 Å². The molecule has 0 aromatic rings. The van der Waals surface area contributed by atoms with Gasteiger partial charge in [0.1, 0.15) is 11.6 Å². The molecule has 0 aromatic carbocycles. The van der Waals surface area contributed by atoms with Crippen LogP contribution in [0.4, 0.5) is 0 Å². The topological polar surface area (TPSA) is 58.2 Å². The molecule has 13 heavy (non-hydrogen) atoms. The van der Waals surface area contributed by atoms with E-state index in [4.69, 9.17) is 0 Å². The third-order valence-electron chi connectivity index (χ3n) is 2.62. The van der Waals surface area contributed by atoms with Crippen LogP contribution in [-0.2, 0) is 9.59 Å². The number of piperazine rings is 1. The number of carbonyl (C=O) groups is 2. The summed E-state index contributed by atoms with van der Waals surface area (Å²) in [6.07, 6.45) is 1.11. The van der Waals surface area contributed by atoms with E-state index in [9.17, 15) is 9.59 Å². The average molecular weight is 180 g/mol. The van der Waals surface area contributed by atoms with Gasteiger partial charge in [-0.05, 0) is 13.3 Å². The van der Waals surface area contributed by atoms with Crippen LogP contribution in [-0.4, -0.2) is 23.4 Å². The van der Waals surface area contributed by atoms with E-state index in [1.807, 2.05) is 0 Å². The Balaban J connectivity index is 2.41. The first-order chi connectivity index (χ1) is 6.01. The number of hydrogen-bond acceptors (Lipinski definition) is 2. The molecule has 2 atom stereocenters. The van der Waals surface area contributed by atoms with Crippen LogP contribution in [0, 0.1) is 0 Å². The predicted molar refractivity (Wildman–Crippen MR) is 46.9 cm³/mol. The lowest BCUT2D eigenvalue weighted by molar-refractivity contribution is -0.139. The second-order valence-electron chi connectivity index (χ2n) is 3.98. The molecule has 2 amide bonds. The Hall–Kier alpha value is -1.32. The maximum Gasteiger partial charge on any atom is 0.246 e. The zero-order valence-electron chi connectivity index (χ0n) is 7.52. The smallest absolute Gasteiger partial charge is 0.246 e. The Morgan fingerprint density at radius 3 is 2.92 bits per heavy atom. The zero-order chi connectivity index (χ0) is 9.64. The van der Waals surface area contributed by atoms with Crippen LogP contribution in [0.25, 0.3) is 0 Å². The Bertz CT molecular complexity index is 307. The van der Waals surface area contributed by atoms with Crippen molar-refractivity contribution in [1.82, 2.24) is 10.6 Å². The van der Waals surface area contributed by atoms with Gasteiger partial charge in [-0.25, -0.2) is 0 Å². The number of amides is 2. The second-order valence-corrected chi connectivity index (χ2v) is 3.98. The van der Waals surface area contributed by atoms with E-state index < -0.39 is 11.6 Å². The van der Waals surface area contributed by atoms with Crippen molar-refractivity contribution in [2.75, 3.05) is 0 Å². The Morgan fingerprint density at radius 2 is 2.23 bits per heavy atom. The Morgan fingerprint density at radius 1 is 1.54 bits per heavy atom. The molecule has 3 aliphatic heterocycles. The summed E-state index contributed by atoms with van der Waals surface area (Å²) in [4.78, 5) is 22.9. The highest BCUT2D eigenvalue weighted by atomic mass is 16.2. The van der Waals surface area contributed by atoms with Gasteiger partial charge in [0.25, 0.3) is 0 Å². The fraction of sp³-hybridized carbons (Fsp3) is 0.556. The first-order valence-electron chi connectivity index (χ1n) is 4.31. The molecule has 70 valence electrons. The van der Waals surface area contributed by atoms with Crippen molar-refractivity contribution in [1.29, 1.82) is 0 Å². The van der Waals surface area contributed by atoms with Gasteiger partial charge >= 0.3 is 0 Å². The van der Waals surface area contributed by atoms with E-state index in [2.05, 4.69) is 17.2 Å². The molecule has 0 saturated carbocycles. The van der Waals surface area contributed by atoms with Crippen LogP contribution >= 0.6 is 0 Å². The third kappa shape index (κ3) is 1.13. The number of nitrogens with one attached hydrogen (secondary N) is 2. The molecule has 0 spiro atoms. The first kappa shape index (κ1) is 8.29. The zero-order valence-corrected chi connectivity index (χ0v) is 7.52. The fourth-order valence-electron chi connectivity index (χ4n) is 1.93. The molecular weight excluding hydrogens is 168 g/mol. The average Bonchev–Trinajstić information content (AvgIpc) is 2.14. The molecule has 3 heterocycles. The molecule has 0 radical (unpaired) electrons. The third-order valence-corrected chi connectivity index (χ3v) is 2.62. The van der Waals surface area contributed by atoms with Gasteiger partial charge in [-0.15, -0.1) is 0 Å². The van der Waals surface area contributed by atoms with Gasteiger partial charge in [0.2, 0.25) is 11.8 Å². The maximum atomic E-state index is 11.5. The van der Waals surface area contributed by atoms with Crippen molar-refractivity contribution in [3.63, 3.8) is 0 Å². The highest BCUT2D eigenvalue weighted by Gasteiger charge is 2.46. The van der Waals surface area contributed by atoms with Gasteiger partial charge in [-0.1, -0.05) is 12.2 Å². The monoisotopic (exact) mass is 180 g/mol. The summed E-state index contributed by atoms with van der Waals surface area (Å²) in [5.74, 6) is -0.198. The van der Waals surface area contributed by atoms with Gasteiger partial charge in [0.05, 0.1) is 0 Å². The van der Waals surface area contributed by atoms with Crippen molar-refractivity contribution in [2.24, 2.45) is 0 Å². The van der Waals surface area contributed by atoms with E-state index in [-0.39, 0.29) is 11.8 Å². The molecule has 4 nitrogen and oxygen atoms in total. The van der Waals surface area contributed by atoms with E-state index >= 15 is 0 Å². The Kier molecular flexibility index (Phi) is 1.49. The van der Waals surface area contributed by atoms with Crippen molar-refractivity contribution >= 4 is 11.8 Å². The molecule has 0 aliphatic carbocycles. The summed E-state index contributed by atoms with van der Waals surface area (Å²) >= 11 is 0. The van der Waals surface area contributed by atoms with Crippen LogP contribution in [0.2, 0.25) is 0 Å². The normalized spacial score (nSPS) is 38.2. The van der Waals surface area contributed by atoms with Gasteiger partial charge in [-0.3, -0.25) is 9.59 Å². The van der Waals surface area contributed by atoms with Crippen LogP contribution < -0.4 is 10.6 Å². The molecule has 4 heteroatoms. The SMILES string of the molecule is C=C1CC2NC(=O)C(C)(C1)NC2=O. The standard InChI is InChI=1S/C9H12N2O2/c1-5-3-6-7(12)11-9(2,4-5)8(13)10-6/h6H,1,3-4H2,2H3,(H,10,13)(H,11,12). The van der Waals surface area contributed by atoms with E-state index in [0.717, 1.165) is 5.57 Å². The predicted octanol–water partition coefficient (Wildman–Crippen LogP) is -0.290. The van der Waals surface area contributed by atoms with Crippen LogP contribution in [0.1, 0.15) is 19.8 Å². The number of carbonyl (C=O) groups excluding carboxylic acids is 2. The number of hydrogen-bond donors (Lipinski definition) is 2. The molecule has 3 aliphatic rings. The lowest BCUT2D eigenvalue weighted by atomic mass is 9.93. The summed E-state index contributed by atoms with van der Waals surface area (Å²) in [6, 6.07) is -0.407. The molecular formula is C9H12N2O2. The van der Waals surface area contributed by atoms with E-state index in [1.165, 1.54) is 0 Å². The van der Waals surface area contributed by atoms with Gasteiger partial charge in [0, 0.05) is 6.42 Å². The van der Waals surface area contributed by atoms with Crippen molar-refractivity contribution in [2.45, 2.75) is 31.3 Å². The highest BCUT2D eigenvalue weighted by molar-refractivity contribution is 6.00. The first-order valence-corrected chi connectivity index (χ1v) is 4.31. The van der Waals surface area contributed by atoms with Gasteiger partial charge in [-0.2, -0.15) is 0 Å². The van der Waals surface area contributed by atoms with E-state index in [1.54, 1.807) is 6.92 Å². The summed E-state index contributed by atoms with van der Waals surface area (Å²) in [5.41, 5.74) is 0.172. The lowest BCUT2D eigenvalue weighted by Crippen LogP contribution is -2.66. The lowest BCUT2D eigenvalue weighted by Gasteiger charge is -2.33. The fourth-order valence-corrected chi connectivity index (χ4v) is 1.93. The highest BCUT2D eigenvalue weighted by Crippen LogP contribution is 2.27. The van der Waals surface area contributed by atoms with Crippen LogP contribution in [0.15, 0.2) is 12.2 Å². The molecule has 3 rings (SSSR count). The quantitative estimate of drug-likeness (QED) is 0.503. The van der Waals surface area contributed by atoms with Crippen molar-refractivity contribution < 1.29 is 9.59 Å². The van der Waals surface area contributed by atoms with E-state index in [0.29, 0.717) is 12.8 Å². The molecule has 3 saturated heterocycles. The minimum Gasteiger partial charge on any atom is -0.342 e. The van der Waals surface area contributed by atoms with Crippen LogP contribution in [0.3, 0.4) is 0 Å². The summed E-state index contributed by atoms with van der Waals surface area (Å²) < 4.78 is 0. The summed E-state index contributed by atoms with van der Waals surface area (Å²) in [5, 5.41) is 5.41. The van der Waals surface area contributed by atoms with Crippen LogP contribution in [0.5, 0.6) is 0 Å². The molecule has 3 fully saturated rings. The van der Waals surface area contributed by atoms with Gasteiger partial charge < -0.3 is 10.6 Å². The number of rotatable bonds is 0. The van der Waals surface area contributed by atoms with Crippen molar-refractivity contribution in [3.8, 4) is 0 Å². The van der Waals surface area contributed by atoms with Gasteiger partial charge in [0.15, 0.2) is 0 Å². The van der Waals surface area contributed by atoms with Crippen molar-refractivity contribution in [3.05, 3.63) is 12.2 Å². The molecule has 2 N–H and O–H groups in total. The minimum atomic E-state index is -0.777. The largest absolute Gasteiger partial charge is 0.342 e. The molecule has 2 bridgehead atoms. The maximum absolute atomic E-state index is 11.5. The second kappa shape index (κ2) is 2.34. The molecule has 0 aromatic heterocycles. The molecule has 2 unspecified atom stereocenters. The summed E-state index contributed by atoms with van der Waals surface area (Å²) in [6.45, 7) is 5.57. The summed E-state index contributed by atoms with van der Waals surface area (Å²) in [7, 11) is 0. The minimum absolute atomic E-state index is 0.0965. The number of fused-ring (bicyclic) bond motifs is 4.